The Morgan fingerprint density at radius 3 is 2.59 bits per heavy atom. The van der Waals surface area contributed by atoms with Crippen molar-refractivity contribution in [2.75, 3.05) is 0 Å². The van der Waals surface area contributed by atoms with Crippen molar-refractivity contribution in [3.8, 4) is 11.5 Å². The molecule has 3 aromatic carbocycles. The van der Waals surface area contributed by atoms with Gasteiger partial charge in [0.25, 0.3) is 0 Å². The standard InChI is InChI=1S/C26H19F2NO3/c1-2-29-14-16(18-6-3-4-9-23(18)29)12-25-26(30)19-11-10-17(13-24(19)32-25)31-15-20-21(27)7-5-8-22(20)28/h3-14H,2,15H2,1H3/b25-12-. The molecule has 4 nitrogen and oxygen atoms in total. The molecule has 6 heteroatoms. The molecule has 5 rings (SSSR count). The predicted octanol–water partition coefficient (Wildman–Crippen LogP) is 6.13. The number of carbonyl (C=O) groups is 1. The molecular weight excluding hydrogens is 412 g/mol. The van der Waals surface area contributed by atoms with Crippen LogP contribution in [0.5, 0.6) is 11.5 Å². The number of fused-ring (bicyclic) bond motifs is 2. The van der Waals surface area contributed by atoms with Gasteiger partial charge in [-0.1, -0.05) is 24.3 Å². The summed E-state index contributed by atoms with van der Waals surface area (Å²) in [5.74, 6) is -0.644. The molecule has 2 heterocycles. The van der Waals surface area contributed by atoms with Gasteiger partial charge in [-0.05, 0) is 43.3 Å². The van der Waals surface area contributed by atoms with Crippen LogP contribution in [-0.2, 0) is 13.2 Å². The van der Waals surface area contributed by atoms with Crippen molar-refractivity contribution in [3.63, 3.8) is 0 Å². The second-order valence-corrected chi connectivity index (χ2v) is 7.47. The van der Waals surface area contributed by atoms with Crippen molar-refractivity contribution in [1.82, 2.24) is 4.57 Å². The molecule has 160 valence electrons. The number of ketones is 1. The first-order valence-corrected chi connectivity index (χ1v) is 10.3. The van der Waals surface area contributed by atoms with Gasteiger partial charge in [0.15, 0.2) is 5.76 Å². The third kappa shape index (κ3) is 3.43. The minimum absolute atomic E-state index is 0.155. The quantitative estimate of drug-likeness (QED) is 0.357. The van der Waals surface area contributed by atoms with Crippen LogP contribution in [-0.4, -0.2) is 10.4 Å². The Balaban J connectivity index is 1.41. The number of carbonyl (C=O) groups excluding carboxylic acids is 1. The van der Waals surface area contributed by atoms with E-state index in [4.69, 9.17) is 9.47 Å². The first-order chi connectivity index (χ1) is 15.5. The smallest absolute Gasteiger partial charge is 0.231 e. The van der Waals surface area contributed by atoms with E-state index in [1.54, 1.807) is 24.3 Å². The van der Waals surface area contributed by atoms with Crippen molar-refractivity contribution in [1.29, 1.82) is 0 Å². The summed E-state index contributed by atoms with van der Waals surface area (Å²) in [4.78, 5) is 12.9. The highest BCUT2D eigenvalue weighted by atomic mass is 19.1. The van der Waals surface area contributed by atoms with E-state index >= 15 is 0 Å². The lowest BCUT2D eigenvalue weighted by atomic mass is 10.1. The maximum atomic E-state index is 13.8. The Kier molecular flexibility index (Phi) is 4.98. The van der Waals surface area contributed by atoms with Gasteiger partial charge in [-0.3, -0.25) is 4.79 Å². The van der Waals surface area contributed by atoms with Crippen LogP contribution in [0.2, 0.25) is 0 Å². The van der Waals surface area contributed by atoms with Gasteiger partial charge in [0.1, 0.15) is 29.7 Å². The van der Waals surface area contributed by atoms with E-state index in [9.17, 15) is 13.6 Å². The number of aromatic nitrogens is 1. The number of hydrogen-bond donors (Lipinski definition) is 0. The number of halogens is 2. The molecule has 0 unspecified atom stereocenters. The van der Waals surface area contributed by atoms with Crippen molar-refractivity contribution in [2.45, 2.75) is 20.1 Å². The van der Waals surface area contributed by atoms with Crippen LogP contribution >= 0.6 is 0 Å². The minimum atomic E-state index is -0.672. The summed E-state index contributed by atoms with van der Waals surface area (Å²) in [6.45, 7) is 2.59. The fourth-order valence-electron chi connectivity index (χ4n) is 3.88. The summed E-state index contributed by atoms with van der Waals surface area (Å²) in [6.07, 6.45) is 3.74. The maximum absolute atomic E-state index is 13.8. The Morgan fingerprint density at radius 2 is 1.81 bits per heavy atom. The molecule has 4 aromatic rings. The monoisotopic (exact) mass is 431 g/mol. The number of nitrogens with zero attached hydrogens (tertiary/aromatic N) is 1. The molecule has 1 aliphatic heterocycles. The largest absolute Gasteiger partial charge is 0.489 e. The molecule has 1 aromatic heterocycles. The van der Waals surface area contributed by atoms with Crippen LogP contribution in [0.3, 0.4) is 0 Å². The number of ether oxygens (including phenoxy) is 2. The number of benzene rings is 3. The zero-order chi connectivity index (χ0) is 22.2. The Hall–Kier alpha value is -3.93. The highest BCUT2D eigenvalue weighted by molar-refractivity contribution is 6.15. The molecule has 0 atom stereocenters. The van der Waals surface area contributed by atoms with Crippen LogP contribution in [0.4, 0.5) is 8.78 Å². The van der Waals surface area contributed by atoms with Gasteiger partial charge in [0.2, 0.25) is 5.78 Å². The fourth-order valence-corrected chi connectivity index (χ4v) is 3.88. The van der Waals surface area contributed by atoms with E-state index < -0.39 is 11.6 Å². The molecule has 0 bridgehead atoms. The lowest BCUT2D eigenvalue weighted by Gasteiger charge is -2.09. The van der Waals surface area contributed by atoms with Crippen LogP contribution < -0.4 is 9.47 Å². The van der Waals surface area contributed by atoms with E-state index in [0.29, 0.717) is 17.1 Å². The van der Waals surface area contributed by atoms with E-state index in [1.807, 2.05) is 30.5 Å². The number of Topliss-reactive ketones (excluding diaryl/α,β-unsaturated/α-hetero) is 1. The Labute approximate surface area is 183 Å². The van der Waals surface area contributed by atoms with Gasteiger partial charge in [0, 0.05) is 35.3 Å². The summed E-state index contributed by atoms with van der Waals surface area (Å²) in [5.41, 5.74) is 2.24. The predicted molar refractivity (Wildman–Crippen MR) is 118 cm³/mol. The zero-order valence-electron chi connectivity index (χ0n) is 17.3. The van der Waals surface area contributed by atoms with Crippen molar-refractivity contribution in [3.05, 3.63) is 101 Å². The van der Waals surface area contributed by atoms with Gasteiger partial charge in [-0.2, -0.15) is 0 Å². The average molecular weight is 431 g/mol. The molecule has 0 saturated heterocycles. The number of rotatable bonds is 5. The second-order valence-electron chi connectivity index (χ2n) is 7.47. The van der Waals surface area contributed by atoms with Gasteiger partial charge < -0.3 is 14.0 Å². The molecular formula is C26H19F2NO3. The summed E-state index contributed by atoms with van der Waals surface area (Å²) in [7, 11) is 0. The molecule has 0 fully saturated rings. The minimum Gasteiger partial charge on any atom is -0.489 e. The summed E-state index contributed by atoms with van der Waals surface area (Å²) >= 11 is 0. The van der Waals surface area contributed by atoms with E-state index in [-0.39, 0.29) is 23.7 Å². The number of para-hydroxylation sites is 1. The molecule has 0 N–H and O–H groups in total. The van der Waals surface area contributed by atoms with Crippen molar-refractivity contribution < 1.29 is 23.0 Å². The molecule has 0 saturated carbocycles. The number of aryl methyl sites for hydroxylation is 1. The first-order valence-electron chi connectivity index (χ1n) is 10.3. The SMILES string of the molecule is CCn1cc(/C=C2\Oc3cc(OCc4c(F)cccc4F)ccc3C2=O)c2ccccc21. The topological polar surface area (TPSA) is 40.5 Å². The van der Waals surface area contributed by atoms with E-state index in [0.717, 1.165) is 23.0 Å². The maximum Gasteiger partial charge on any atom is 0.231 e. The van der Waals surface area contributed by atoms with Crippen LogP contribution in [0.1, 0.15) is 28.4 Å². The third-order valence-electron chi connectivity index (χ3n) is 5.53. The van der Waals surface area contributed by atoms with Crippen molar-refractivity contribution >= 4 is 22.8 Å². The lowest BCUT2D eigenvalue weighted by molar-refractivity contribution is 0.101. The summed E-state index contributed by atoms with van der Waals surface area (Å²) in [5, 5.41) is 1.03. The molecule has 0 aliphatic carbocycles. The van der Waals surface area contributed by atoms with Gasteiger partial charge in [0.05, 0.1) is 11.1 Å². The highest BCUT2D eigenvalue weighted by Crippen LogP contribution is 2.36. The Bertz CT molecular complexity index is 1370. The molecule has 1 aliphatic rings. The molecule has 0 radical (unpaired) electrons. The lowest BCUT2D eigenvalue weighted by Crippen LogP contribution is -2.01. The van der Waals surface area contributed by atoms with E-state index in [2.05, 4.69) is 11.5 Å². The van der Waals surface area contributed by atoms with Crippen LogP contribution in [0, 0.1) is 11.6 Å². The fraction of sp³-hybridized carbons (Fsp3) is 0.115. The second kappa shape index (κ2) is 7.96. The summed E-state index contributed by atoms with van der Waals surface area (Å²) in [6, 6.07) is 16.4. The van der Waals surface area contributed by atoms with Crippen molar-refractivity contribution in [2.24, 2.45) is 0 Å². The van der Waals surface area contributed by atoms with Crippen LogP contribution in [0.15, 0.2) is 72.6 Å². The molecule has 32 heavy (non-hydrogen) atoms. The third-order valence-corrected chi connectivity index (χ3v) is 5.53. The average Bonchev–Trinajstić information content (AvgIpc) is 3.31. The normalized spacial score (nSPS) is 14.1. The Morgan fingerprint density at radius 1 is 1.03 bits per heavy atom. The number of allylic oxidation sites excluding steroid dienone is 1. The number of hydrogen-bond acceptors (Lipinski definition) is 3. The van der Waals surface area contributed by atoms with E-state index in [1.165, 1.54) is 18.2 Å². The van der Waals surface area contributed by atoms with Gasteiger partial charge in [-0.15, -0.1) is 0 Å². The van der Waals surface area contributed by atoms with Crippen LogP contribution in [0.25, 0.3) is 17.0 Å². The molecule has 0 spiro atoms. The van der Waals surface area contributed by atoms with Gasteiger partial charge in [-0.25, -0.2) is 8.78 Å². The first kappa shape index (κ1) is 20.0. The zero-order valence-corrected chi connectivity index (χ0v) is 17.3. The summed E-state index contributed by atoms with van der Waals surface area (Å²) < 4.78 is 41.1. The van der Waals surface area contributed by atoms with Gasteiger partial charge >= 0.3 is 0 Å². The molecule has 0 amide bonds. The highest BCUT2D eigenvalue weighted by Gasteiger charge is 2.28.